The van der Waals surface area contributed by atoms with E-state index in [1.54, 1.807) is 28.9 Å². The van der Waals surface area contributed by atoms with Crippen LogP contribution in [0.4, 0.5) is 10.2 Å². The molecule has 0 saturated heterocycles. The van der Waals surface area contributed by atoms with E-state index in [1.165, 1.54) is 17.4 Å². The molecule has 0 saturated carbocycles. The molecule has 0 radical (unpaired) electrons. The molecular formula is C24H22FN3O2S. The lowest BCUT2D eigenvalue weighted by atomic mass is 10.2. The van der Waals surface area contributed by atoms with Gasteiger partial charge in [-0.05, 0) is 43.0 Å². The fraction of sp³-hybridized carbons (Fsp3) is 0.167. The quantitative estimate of drug-likeness (QED) is 0.412. The number of amides is 1. The Morgan fingerprint density at radius 3 is 2.71 bits per heavy atom. The number of benzene rings is 2. The number of halogens is 1. The summed E-state index contributed by atoms with van der Waals surface area (Å²) in [4.78, 5) is 13.2. The summed E-state index contributed by atoms with van der Waals surface area (Å²) in [6, 6.07) is 18.0. The number of carbonyl (C=O) groups excluding carboxylic acids is 1. The van der Waals surface area contributed by atoms with Gasteiger partial charge in [-0.3, -0.25) is 9.48 Å². The van der Waals surface area contributed by atoms with E-state index in [9.17, 15) is 9.18 Å². The first-order chi connectivity index (χ1) is 15.0. The van der Waals surface area contributed by atoms with Crippen molar-refractivity contribution in [1.82, 2.24) is 9.78 Å². The van der Waals surface area contributed by atoms with Gasteiger partial charge >= 0.3 is 0 Å². The highest BCUT2D eigenvalue weighted by Gasteiger charge is 2.14. The maximum absolute atomic E-state index is 13.9. The van der Waals surface area contributed by atoms with Crippen molar-refractivity contribution in [1.29, 1.82) is 0 Å². The fourth-order valence-electron chi connectivity index (χ4n) is 3.15. The van der Waals surface area contributed by atoms with Crippen LogP contribution in [0.5, 0.6) is 5.75 Å². The van der Waals surface area contributed by atoms with Gasteiger partial charge in [0, 0.05) is 22.9 Å². The van der Waals surface area contributed by atoms with Gasteiger partial charge in [-0.25, -0.2) is 4.39 Å². The number of carbonyl (C=O) groups is 1. The van der Waals surface area contributed by atoms with Crippen molar-refractivity contribution in [2.45, 2.75) is 27.0 Å². The Labute approximate surface area is 184 Å². The van der Waals surface area contributed by atoms with Crippen LogP contribution >= 0.6 is 11.3 Å². The predicted octanol–water partition coefficient (Wildman–Crippen LogP) is 5.58. The molecule has 31 heavy (non-hydrogen) atoms. The van der Waals surface area contributed by atoms with Crippen molar-refractivity contribution in [3.05, 3.63) is 99.1 Å². The van der Waals surface area contributed by atoms with Crippen LogP contribution in [0.15, 0.2) is 66.0 Å². The van der Waals surface area contributed by atoms with Crippen LogP contribution in [0.3, 0.4) is 0 Å². The summed E-state index contributed by atoms with van der Waals surface area (Å²) in [7, 11) is 0. The van der Waals surface area contributed by atoms with E-state index >= 15 is 0 Å². The Bertz CT molecular complexity index is 1220. The fourth-order valence-corrected chi connectivity index (χ4v) is 3.94. The molecule has 158 valence electrons. The average molecular weight is 436 g/mol. The molecule has 0 atom stereocenters. The van der Waals surface area contributed by atoms with E-state index < -0.39 is 0 Å². The molecule has 4 rings (SSSR count). The number of hydrogen-bond acceptors (Lipinski definition) is 4. The number of aryl methyl sites for hydroxylation is 2. The van der Waals surface area contributed by atoms with Crippen LogP contribution in [0.25, 0.3) is 0 Å². The normalized spacial score (nSPS) is 10.8. The first kappa shape index (κ1) is 20.8. The molecule has 0 aliphatic heterocycles. The molecule has 0 aliphatic rings. The van der Waals surface area contributed by atoms with E-state index in [0.29, 0.717) is 29.4 Å². The predicted molar refractivity (Wildman–Crippen MR) is 120 cm³/mol. The Hall–Kier alpha value is -3.45. The van der Waals surface area contributed by atoms with Crippen LogP contribution in [0.1, 0.15) is 32.1 Å². The van der Waals surface area contributed by atoms with E-state index in [2.05, 4.69) is 10.4 Å². The van der Waals surface area contributed by atoms with Gasteiger partial charge in [0.1, 0.15) is 18.2 Å². The number of nitrogens with one attached hydrogen (secondary N) is 1. The molecule has 0 bridgehead atoms. The Morgan fingerprint density at radius 1 is 1.13 bits per heavy atom. The molecule has 1 N–H and O–H groups in total. The monoisotopic (exact) mass is 435 g/mol. The number of rotatable bonds is 7. The molecule has 2 heterocycles. The minimum Gasteiger partial charge on any atom is -0.489 e. The van der Waals surface area contributed by atoms with E-state index in [4.69, 9.17) is 4.74 Å². The topological polar surface area (TPSA) is 56.1 Å². The molecule has 0 fully saturated rings. The number of thiophene rings is 1. The molecule has 5 nitrogen and oxygen atoms in total. The summed E-state index contributed by atoms with van der Waals surface area (Å²) < 4.78 is 21.4. The van der Waals surface area contributed by atoms with Crippen LogP contribution in [-0.4, -0.2) is 15.7 Å². The zero-order valence-corrected chi connectivity index (χ0v) is 18.1. The molecule has 2 aromatic heterocycles. The van der Waals surface area contributed by atoms with Gasteiger partial charge in [-0.2, -0.15) is 5.10 Å². The first-order valence-electron chi connectivity index (χ1n) is 9.84. The van der Waals surface area contributed by atoms with Gasteiger partial charge in [0.2, 0.25) is 0 Å². The largest absolute Gasteiger partial charge is 0.489 e. The van der Waals surface area contributed by atoms with Gasteiger partial charge < -0.3 is 10.1 Å². The summed E-state index contributed by atoms with van der Waals surface area (Å²) >= 11 is 1.36. The molecular weight excluding hydrogens is 413 g/mol. The highest BCUT2D eigenvalue weighted by molar-refractivity contribution is 7.12. The number of ether oxygens (including phenoxy) is 1. The molecule has 4 aromatic rings. The molecule has 0 spiro atoms. The highest BCUT2D eigenvalue weighted by Crippen LogP contribution is 2.21. The third kappa shape index (κ3) is 5.00. The zero-order valence-electron chi connectivity index (χ0n) is 17.3. The number of nitrogens with zero attached hydrogens (tertiary/aromatic N) is 2. The summed E-state index contributed by atoms with van der Waals surface area (Å²) in [6.45, 7) is 4.56. The average Bonchev–Trinajstić information content (AvgIpc) is 3.36. The van der Waals surface area contributed by atoms with Crippen molar-refractivity contribution in [3.63, 3.8) is 0 Å². The lowest BCUT2D eigenvalue weighted by molar-refractivity contribution is 0.103. The lowest BCUT2D eigenvalue weighted by Gasteiger charge is -2.07. The highest BCUT2D eigenvalue weighted by atomic mass is 32.1. The van der Waals surface area contributed by atoms with Crippen molar-refractivity contribution in [2.75, 3.05) is 5.32 Å². The standard InChI is InChI=1S/C24H22FN3O2S/c1-16-7-3-6-10-21(16)30-14-18-12-22(31-15-18)24(29)26-23-11-17(2)28(27-23)13-19-8-4-5-9-20(19)25/h3-12,15H,13-14H2,1-2H3,(H,26,27,29). The lowest BCUT2D eigenvalue weighted by Crippen LogP contribution is -2.12. The van der Waals surface area contributed by atoms with Crippen molar-refractivity contribution in [3.8, 4) is 5.75 Å². The molecule has 0 aliphatic carbocycles. The van der Waals surface area contributed by atoms with Crippen LogP contribution in [0, 0.1) is 19.7 Å². The van der Waals surface area contributed by atoms with Crippen LogP contribution in [0.2, 0.25) is 0 Å². The van der Waals surface area contributed by atoms with E-state index in [0.717, 1.165) is 22.6 Å². The second-order valence-corrected chi connectivity index (χ2v) is 8.16. The second-order valence-electron chi connectivity index (χ2n) is 7.25. The maximum Gasteiger partial charge on any atom is 0.266 e. The van der Waals surface area contributed by atoms with Crippen LogP contribution < -0.4 is 10.1 Å². The summed E-state index contributed by atoms with van der Waals surface area (Å²) in [5.41, 5.74) is 3.37. The minimum absolute atomic E-state index is 0.234. The second kappa shape index (κ2) is 9.14. The Kier molecular flexibility index (Phi) is 6.13. The van der Waals surface area contributed by atoms with Crippen molar-refractivity contribution < 1.29 is 13.9 Å². The SMILES string of the molecule is Cc1ccccc1OCc1csc(C(=O)Nc2cc(C)n(Cc3ccccc3F)n2)c1. The van der Waals surface area contributed by atoms with Gasteiger partial charge in [0.25, 0.3) is 5.91 Å². The zero-order chi connectivity index (χ0) is 21.8. The smallest absolute Gasteiger partial charge is 0.266 e. The first-order valence-corrected chi connectivity index (χ1v) is 10.7. The van der Waals surface area contributed by atoms with E-state index in [-0.39, 0.29) is 11.7 Å². The molecule has 0 unspecified atom stereocenters. The number of anilines is 1. The van der Waals surface area contributed by atoms with Gasteiger partial charge in [-0.1, -0.05) is 36.4 Å². The summed E-state index contributed by atoms with van der Waals surface area (Å²) in [5.74, 6) is 0.755. The summed E-state index contributed by atoms with van der Waals surface area (Å²) in [6.07, 6.45) is 0. The Morgan fingerprint density at radius 2 is 1.90 bits per heavy atom. The Balaban J connectivity index is 1.39. The van der Waals surface area contributed by atoms with E-state index in [1.807, 2.05) is 49.6 Å². The third-order valence-electron chi connectivity index (χ3n) is 4.87. The maximum atomic E-state index is 13.9. The molecule has 2 aromatic carbocycles. The van der Waals surface area contributed by atoms with Gasteiger partial charge in [0.15, 0.2) is 5.82 Å². The number of hydrogen-bond donors (Lipinski definition) is 1. The molecule has 7 heteroatoms. The van der Waals surface area contributed by atoms with Crippen molar-refractivity contribution >= 4 is 23.1 Å². The summed E-state index contributed by atoms with van der Waals surface area (Å²) in [5, 5.41) is 9.14. The minimum atomic E-state index is -0.276. The third-order valence-corrected chi connectivity index (χ3v) is 5.84. The molecule has 1 amide bonds. The van der Waals surface area contributed by atoms with Gasteiger partial charge in [-0.15, -0.1) is 11.3 Å². The van der Waals surface area contributed by atoms with Crippen molar-refractivity contribution in [2.24, 2.45) is 0 Å². The van der Waals surface area contributed by atoms with Crippen LogP contribution in [-0.2, 0) is 13.2 Å². The number of aromatic nitrogens is 2. The number of para-hydroxylation sites is 1. The van der Waals surface area contributed by atoms with Gasteiger partial charge in [0.05, 0.1) is 11.4 Å².